The lowest BCUT2D eigenvalue weighted by atomic mass is 9.80. The zero-order valence-electron chi connectivity index (χ0n) is 11.9. The summed E-state index contributed by atoms with van der Waals surface area (Å²) in [6, 6.07) is 6.47. The topological polar surface area (TPSA) is 69.0 Å². The van der Waals surface area contributed by atoms with Gasteiger partial charge >= 0.3 is 5.97 Å². The molecule has 1 amide bonds. The lowest BCUT2D eigenvalue weighted by Gasteiger charge is -2.21. The fraction of sp³-hybridized carbons (Fsp3) is 0.267. The Morgan fingerprint density at radius 2 is 2.10 bits per heavy atom. The Balaban J connectivity index is 2.59. The van der Waals surface area contributed by atoms with Crippen LogP contribution in [0, 0.1) is 6.57 Å². The maximum Gasteiger partial charge on any atom is 0.337 e. The van der Waals surface area contributed by atoms with Crippen LogP contribution < -0.4 is 5.32 Å². The van der Waals surface area contributed by atoms with E-state index in [9.17, 15) is 9.59 Å². The van der Waals surface area contributed by atoms with Crippen molar-refractivity contribution in [2.24, 2.45) is 0 Å². The second-order valence-corrected chi connectivity index (χ2v) is 4.65. The monoisotopic (exact) mass is 286 g/mol. The molecule has 1 aromatic rings. The van der Waals surface area contributed by atoms with Crippen molar-refractivity contribution < 1.29 is 19.1 Å². The minimum Gasteiger partial charge on any atom is -0.491 e. The van der Waals surface area contributed by atoms with Gasteiger partial charge in [0.15, 0.2) is 5.88 Å². The first-order valence-electron chi connectivity index (χ1n) is 6.15. The first-order chi connectivity index (χ1) is 9.98. The average Bonchev–Trinajstić information content (AvgIpc) is 2.78. The predicted octanol–water partition coefficient (Wildman–Crippen LogP) is 1.60. The van der Waals surface area contributed by atoms with E-state index in [0.717, 1.165) is 0 Å². The summed E-state index contributed by atoms with van der Waals surface area (Å²) in [5.74, 6) is -0.729. The van der Waals surface area contributed by atoms with Gasteiger partial charge in [0.05, 0.1) is 26.4 Å². The zero-order valence-corrected chi connectivity index (χ0v) is 11.9. The molecular weight excluding hydrogens is 272 g/mol. The minimum absolute atomic E-state index is 0.140. The van der Waals surface area contributed by atoms with Crippen LogP contribution in [0.4, 0.5) is 0 Å². The number of ether oxygens (including phenoxy) is 2. The quantitative estimate of drug-likeness (QED) is 0.677. The van der Waals surface area contributed by atoms with Crippen LogP contribution in [-0.2, 0) is 19.7 Å². The molecule has 1 heterocycles. The number of hydrogen-bond acceptors (Lipinski definition) is 4. The molecule has 6 heteroatoms. The maximum absolute atomic E-state index is 12.3. The Bertz CT molecular complexity index is 687. The SMILES string of the molecule is [C-]#[N+]C1=C(OC)NC(=O)C1(C)c1cccc(C(=O)OC)c1. The van der Waals surface area contributed by atoms with Crippen molar-refractivity contribution in [1.82, 2.24) is 5.32 Å². The molecule has 108 valence electrons. The van der Waals surface area contributed by atoms with Crippen LogP contribution in [0.15, 0.2) is 35.8 Å². The van der Waals surface area contributed by atoms with Crippen molar-refractivity contribution in [3.05, 3.63) is 58.4 Å². The summed E-state index contributed by atoms with van der Waals surface area (Å²) in [7, 11) is 2.67. The molecule has 0 aliphatic carbocycles. The molecule has 1 N–H and O–H groups in total. The van der Waals surface area contributed by atoms with Crippen LogP contribution in [0.3, 0.4) is 0 Å². The van der Waals surface area contributed by atoms with E-state index in [1.807, 2.05) is 0 Å². The lowest BCUT2D eigenvalue weighted by molar-refractivity contribution is -0.123. The third-order valence-corrected chi connectivity index (χ3v) is 3.55. The number of carbonyl (C=O) groups excluding carboxylic acids is 2. The van der Waals surface area contributed by atoms with Gasteiger partial charge in [-0.1, -0.05) is 19.1 Å². The molecular formula is C15H14N2O4. The first-order valence-corrected chi connectivity index (χ1v) is 6.15. The summed E-state index contributed by atoms with van der Waals surface area (Å²) < 4.78 is 9.72. The van der Waals surface area contributed by atoms with Crippen LogP contribution in [0.5, 0.6) is 0 Å². The molecule has 0 bridgehead atoms. The van der Waals surface area contributed by atoms with E-state index in [1.165, 1.54) is 14.2 Å². The van der Waals surface area contributed by atoms with Crippen LogP contribution in [0.25, 0.3) is 4.85 Å². The highest BCUT2D eigenvalue weighted by atomic mass is 16.5. The van der Waals surface area contributed by atoms with Crippen molar-refractivity contribution in [1.29, 1.82) is 0 Å². The number of nitrogens with one attached hydrogen (secondary N) is 1. The van der Waals surface area contributed by atoms with Gasteiger partial charge in [-0.3, -0.25) is 4.79 Å². The summed E-state index contributed by atoms with van der Waals surface area (Å²) >= 11 is 0. The number of methoxy groups -OCH3 is 2. The molecule has 0 fully saturated rings. The summed E-state index contributed by atoms with van der Waals surface area (Å²) in [6.45, 7) is 8.93. The standard InChI is InChI=1S/C15H14N2O4/c1-15(11(16-2)12(20-3)17-14(15)19)10-7-5-6-9(8-10)13(18)21-4/h5-8H,1,3-4H3,(H,17,19). The summed E-state index contributed by atoms with van der Waals surface area (Å²) in [4.78, 5) is 27.3. The Hall–Kier alpha value is -2.81. The summed E-state index contributed by atoms with van der Waals surface area (Å²) in [6.07, 6.45) is 0. The molecule has 0 spiro atoms. The number of esters is 1. The Kier molecular flexibility index (Phi) is 3.68. The molecule has 1 atom stereocenters. The maximum atomic E-state index is 12.3. The fourth-order valence-electron chi connectivity index (χ4n) is 2.28. The van der Waals surface area contributed by atoms with E-state index in [4.69, 9.17) is 11.3 Å². The van der Waals surface area contributed by atoms with Crippen molar-refractivity contribution >= 4 is 11.9 Å². The van der Waals surface area contributed by atoms with Gasteiger partial charge in [-0.05, 0) is 17.7 Å². The van der Waals surface area contributed by atoms with Gasteiger partial charge in [0.1, 0.15) is 5.41 Å². The molecule has 6 nitrogen and oxygen atoms in total. The highest BCUT2D eigenvalue weighted by molar-refractivity contribution is 5.97. The zero-order chi connectivity index (χ0) is 15.6. The Labute approximate surface area is 122 Å². The number of rotatable bonds is 3. The van der Waals surface area contributed by atoms with E-state index in [1.54, 1.807) is 31.2 Å². The van der Waals surface area contributed by atoms with Gasteiger partial charge in [0, 0.05) is 0 Å². The van der Waals surface area contributed by atoms with Crippen LogP contribution in [0.2, 0.25) is 0 Å². The Morgan fingerprint density at radius 3 is 2.67 bits per heavy atom. The average molecular weight is 286 g/mol. The van der Waals surface area contributed by atoms with E-state index in [-0.39, 0.29) is 17.5 Å². The van der Waals surface area contributed by atoms with Gasteiger partial charge in [0.25, 0.3) is 0 Å². The molecule has 1 aromatic carbocycles. The number of nitrogens with zero attached hydrogens (tertiary/aromatic N) is 1. The number of hydrogen-bond donors (Lipinski definition) is 1. The number of carbonyl (C=O) groups is 2. The van der Waals surface area contributed by atoms with Gasteiger partial charge < -0.3 is 14.8 Å². The van der Waals surface area contributed by atoms with Crippen molar-refractivity contribution in [2.75, 3.05) is 14.2 Å². The molecule has 0 aromatic heterocycles. The second-order valence-electron chi connectivity index (χ2n) is 4.65. The molecule has 21 heavy (non-hydrogen) atoms. The van der Waals surface area contributed by atoms with E-state index in [2.05, 4.69) is 14.9 Å². The van der Waals surface area contributed by atoms with Gasteiger partial charge in [-0.25, -0.2) is 9.64 Å². The van der Waals surface area contributed by atoms with Crippen molar-refractivity contribution in [3.63, 3.8) is 0 Å². The lowest BCUT2D eigenvalue weighted by Crippen LogP contribution is -2.35. The Morgan fingerprint density at radius 1 is 1.38 bits per heavy atom. The highest BCUT2D eigenvalue weighted by Crippen LogP contribution is 2.39. The van der Waals surface area contributed by atoms with Gasteiger partial charge in [-0.15, -0.1) is 0 Å². The second kappa shape index (κ2) is 5.29. The highest BCUT2D eigenvalue weighted by Gasteiger charge is 2.48. The summed E-state index contributed by atoms with van der Waals surface area (Å²) in [5, 5.41) is 2.54. The van der Waals surface area contributed by atoms with Crippen LogP contribution in [0.1, 0.15) is 22.8 Å². The fourth-order valence-corrected chi connectivity index (χ4v) is 2.28. The van der Waals surface area contributed by atoms with Crippen LogP contribution in [-0.4, -0.2) is 26.1 Å². The molecule has 2 rings (SSSR count). The largest absolute Gasteiger partial charge is 0.491 e. The van der Waals surface area contributed by atoms with E-state index in [0.29, 0.717) is 11.1 Å². The molecule has 0 saturated carbocycles. The number of amides is 1. The normalized spacial score (nSPS) is 20.8. The molecule has 0 saturated heterocycles. The smallest absolute Gasteiger partial charge is 0.337 e. The minimum atomic E-state index is -1.20. The molecule has 1 unspecified atom stereocenters. The van der Waals surface area contributed by atoms with Crippen LogP contribution >= 0.6 is 0 Å². The molecule has 0 radical (unpaired) electrons. The predicted molar refractivity (Wildman–Crippen MR) is 73.9 cm³/mol. The third kappa shape index (κ3) is 2.13. The third-order valence-electron chi connectivity index (χ3n) is 3.55. The van der Waals surface area contributed by atoms with E-state index >= 15 is 0 Å². The first kappa shape index (κ1) is 14.6. The molecule has 1 aliphatic rings. The molecule has 1 aliphatic heterocycles. The van der Waals surface area contributed by atoms with Gasteiger partial charge in [0.2, 0.25) is 11.6 Å². The van der Waals surface area contributed by atoms with Gasteiger partial charge in [-0.2, -0.15) is 0 Å². The van der Waals surface area contributed by atoms with Crippen molar-refractivity contribution in [3.8, 4) is 0 Å². The van der Waals surface area contributed by atoms with E-state index < -0.39 is 11.4 Å². The number of benzene rings is 1. The summed E-state index contributed by atoms with van der Waals surface area (Å²) in [5.41, 5.74) is -0.186. The van der Waals surface area contributed by atoms with Crippen molar-refractivity contribution in [2.45, 2.75) is 12.3 Å².